The molecule has 2 amide bonds. The number of amides is 2. The number of hydrogen-bond acceptors (Lipinski definition) is 3. The summed E-state index contributed by atoms with van der Waals surface area (Å²) in [6.45, 7) is 14.4. The van der Waals surface area contributed by atoms with Gasteiger partial charge in [-0.1, -0.05) is 63.7 Å². The highest BCUT2D eigenvalue weighted by molar-refractivity contribution is 6.01. The van der Waals surface area contributed by atoms with E-state index in [4.69, 9.17) is 0 Å². The predicted octanol–water partition coefficient (Wildman–Crippen LogP) is 5.50. The summed E-state index contributed by atoms with van der Waals surface area (Å²) in [6.07, 6.45) is 4.77. The number of carbonyl (C=O) groups is 2. The van der Waals surface area contributed by atoms with E-state index in [0.29, 0.717) is 18.9 Å². The first kappa shape index (κ1) is 24.8. The molecule has 5 nitrogen and oxygen atoms in total. The van der Waals surface area contributed by atoms with Crippen LogP contribution < -0.4 is 5.32 Å². The first-order valence-electron chi connectivity index (χ1n) is 13.5. The lowest BCUT2D eigenvalue weighted by atomic mass is 9.82. The second kappa shape index (κ2) is 9.85. The highest BCUT2D eigenvalue weighted by Gasteiger charge is 2.38. The Labute approximate surface area is 215 Å². The fraction of sp³-hybridized carbons (Fsp3) is 0.484. The molecule has 3 aliphatic heterocycles. The van der Waals surface area contributed by atoms with Gasteiger partial charge in [0, 0.05) is 24.4 Å². The third-order valence-corrected chi connectivity index (χ3v) is 8.74. The Morgan fingerprint density at radius 1 is 1.03 bits per heavy atom. The number of benzene rings is 2. The molecule has 1 unspecified atom stereocenters. The van der Waals surface area contributed by atoms with Crippen LogP contribution >= 0.6 is 0 Å². The van der Waals surface area contributed by atoms with E-state index in [2.05, 4.69) is 74.0 Å². The fourth-order valence-corrected chi connectivity index (χ4v) is 5.88. The normalized spacial score (nSPS) is 21.6. The number of nitrogens with one attached hydrogen (secondary N) is 1. The van der Waals surface area contributed by atoms with Crippen LogP contribution in [0.5, 0.6) is 0 Å². The average molecular weight is 486 g/mol. The van der Waals surface area contributed by atoms with Gasteiger partial charge in [-0.2, -0.15) is 0 Å². The van der Waals surface area contributed by atoms with Crippen LogP contribution in [0.3, 0.4) is 0 Å². The zero-order valence-corrected chi connectivity index (χ0v) is 22.0. The summed E-state index contributed by atoms with van der Waals surface area (Å²) in [7, 11) is 0. The van der Waals surface area contributed by atoms with Gasteiger partial charge < -0.3 is 10.2 Å². The Morgan fingerprint density at radius 3 is 2.42 bits per heavy atom. The second-order valence-corrected chi connectivity index (χ2v) is 11.5. The highest BCUT2D eigenvalue weighted by Crippen LogP contribution is 2.34. The smallest absolute Gasteiger partial charge is 0.255 e. The summed E-state index contributed by atoms with van der Waals surface area (Å²) in [4.78, 5) is 29.8. The summed E-state index contributed by atoms with van der Waals surface area (Å²) in [5.41, 5.74) is 6.91. The van der Waals surface area contributed by atoms with Gasteiger partial charge in [0.1, 0.15) is 6.04 Å². The molecule has 0 spiro atoms. The molecule has 2 aromatic carbocycles. The molecule has 3 heterocycles. The van der Waals surface area contributed by atoms with Gasteiger partial charge in [-0.15, -0.1) is 0 Å². The minimum atomic E-state index is -0.399. The van der Waals surface area contributed by atoms with E-state index in [0.717, 1.165) is 62.1 Å². The van der Waals surface area contributed by atoms with Gasteiger partial charge in [0.2, 0.25) is 5.91 Å². The van der Waals surface area contributed by atoms with Gasteiger partial charge in [0.15, 0.2) is 0 Å². The van der Waals surface area contributed by atoms with Gasteiger partial charge in [0.25, 0.3) is 5.91 Å². The molecular formula is C31H39N3O2. The van der Waals surface area contributed by atoms with Crippen molar-refractivity contribution in [1.29, 1.82) is 0 Å². The first-order chi connectivity index (χ1) is 17.2. The molecule has 2 aromatic rings. The molecule has 0 aromatic heterocycles. The van der Waals surface area contributed by atoms with E-state index in [9.17, 15) is 9.59 Å². The molecule has 0 aliphatic carbocycles. The number of hydrogen-bond donors (Lipinski definition) is 1. The number of rotatable bonds is 6. The lowest BCUT2D eigenvalue weighted by Gasteiger charge is -2.32. The summed E-state index contributed by atoms with van der Waals surface area (Å²) >= 11 is 0. The fourth-order valence-electron chi connectivity index (χ4n) is 5.88. The molecule has 2 saturated heterocycles. The van der Waals surface area contributed by atoms with Gasteiger partial charge in [0.05, 0.1) is 0 Å². The summed E-state index contributed by atoms with van der Waals surface area (Å²) in [5, 5.41) is 2.82. The van der Waals surface area contributed by atoms with Crippen molar-refractivity contribution in [2.24, 2.45) is 0 Å². The van der Waals surface area contributed by atoms with E-state index in [1.165, 1.54) is 16.7 Å². The van der Waals surface area contributed by atoms with Gasteiger partial charge in [-0.05, 0) is 84.8 Å². The molecule has 3 aliphatic rings. The molecule has 0 saturated carbocycles. The first-order valence-corrected chi connectivity index (χ1v) is 13.5. The van der Waals surface area contributed by atoms with Crippen molar-refractivity contribution in [2.75, 3.05) is 13.1 Å². The maximum atomic E-state index is 13.0. The molecule has 0 bridgehead atoms. The lowest BCUT2D eigenvalue weighted by molar-refractivity contribution is -0.126. The van der Waals surface area contributed by atoms with Gasteiger partial charge >= 0.3 is 0 Å². The Kier molecular flexibility index (Phi) is 6.78. The third kappa shape index (κ3) is 4.86. The van der Waals surface area contributed by atoms with Crippen LogP contribution in [-0.2, 0) is 23.3 Å². The number of likely N-dealkylation sites (tertiary alicyclic amines) is 1. The summed E-state index contributed by atoms with van der Waals surface area (Å²) in [5.74, 6) is 0.390. The molecule has 190 valence electrons. The maximum Gasteiger partial charge on any atom is 0.255 e. The van der Waals surface area contributed by atoms with Crippen molar-refractivity contribution >= 4 is 11.8 Å². The molecule has 0 radical (unpaired) electrons. The van der Waals surface area contributed by atoms with Gasteiger partial charge in [-0.25, -0.2) is 0 Å². The van der Waals surface area contributed by atoms with Crippen LogP contribution in [0, 0.1) is 0 Å². The average Bonchev–Trinajstić information content (AvgIpc) is 3.20. The molecule has 36 heavy (non-hydrogen) atoms. The summed E-state index contributed by atoms with van der Waals surface area (Å²) < 4.78 is 0. The number of piperidine rings is 2. The number of nitrogens with zero attached hydrogens (tertiary/aromatic N) is 2. The predicted molar refractivity (Wildman–Crippen MR) is 144 cm³/mol. The molecule has 1 atom stereocenters. The van der Waals surface area contributed by atoms with Gasteiger partial charge in [-0.3, -0.25) is 14.5 Å². The topological polar surface area (TPSA) is 52.7 Å². The molecular weight excluding hydrogens is 446 g/mol. The third-order valence-electron chi connectivity index (χ3n) is 8.74. The SMILES string of the molecule is C=C1CCC(N2Cc3cc(C4CCN(Cc5ccc(C(C)(C)CC)cc5)CC4)ccc3C2=O)C(=O)N1. The quantitative estimate of drug-likeness (QED) is 0.588. The molecule has 2 fully saturated rings. The standard InChI is InChI=1S/C31H39N3O2/c1-5-31(3,4)26-10-7-22(8-11-26)19-33-16-14-23(15-17-33)24-9-12-27-25(18-24)20-34(30(27)36)28-13-6-21(2)32-29(28)35/h7-12,18,23,28H,2,5-6,13-17,19-20H2,1,3-4H3,(H,32,35). The second-order valence-electron chi connectivity index (χ2n) is 11.5. The Hall–Kier alpha value is -2.92. The zero-order valence-electron chi connectivity index (χ0n) is 22.0. The number of allylic oxidation sites excluding steroid dienone is 1. The van der Waals surface area contributed by atoms with Crippen molar-refractivity contribution in [1.82, 2.24) is 15.1 Å². The van der Waals surface area contributed by atoms with Crippen molar-refractivity contribution in [3.63, 3.8) is 0 Å². The Morgan fingerprint density at radius 2 is 1.75 bits per heavy atom. The van der Waals surface area contributed by atoms with Crippen LogP contribution in [0.15, 0.2) is 54.7 Å². The van der Waals surface area contributed by atoms with Crippen molar-refractivity contribution in [2.45, 2.75) is 83.3 Å². The van der Waals surface area contributed by atoms with Crippen molar-refractivity contribution < 1.29 is 9.59 Å². The Bertz CT molecular complexity index is 1160. The van der Waals surface area contributed by atoms with Crippen LogP contribution in [0.2, 0.25) is 0 Å². The van der Waals surface area contributed by atoms with E-state index < -0.39 is 6.04 Å². The summed E-state index contributed by atoms with van der Waals surface area (Å²) in [6, 6.07) is 15.1. The van der Waals surface area contributed by atoms with E-state index in [-0.39, 0.29) is 17.2 Å². The minimum Gasteiger partial charge on any atom is -0.329 e. The Balaban J connectivity index is 1.18. The zero-order chi connectivity index (χ0) is 25.4. The van der Waals surface area contributed by atoms with E-state index in [1.807, 2.05) is 6.07 Å². The van der Waals surface area contributed by atoms with Crippen molar-refractivity contribution in [3.05, 3.63) is 82.6 Å². The highest BCUT2D eigenvalue weighted by atomic mass is 16.2. The molecule has 1 N–H and O–H groups in total. The molecule has 5 heteroatoms. The largest absolute Gasteiger partial charge is 0.329 e. The molecule has 5 rings (SSSR count). The van der Waals surface area contributed by atoms with Crippen LogP contribution in [-0.4, -0.2) is 40.7 Å². The number of carbonyl (C=O) groups excluding carboxylic acids is 2. The van der Waals surface area contributed by atoms with E-state index >= 15 is 0 Å². The van der Waals surface area contributed by atoms with E-state index in [1.54, 1.807) is 4.90 Å². The van der Waals surface area contributed by atoms with Crippen molar-refractivity contribution in [3.8, 4) is 0 Å². The maximum absolute atomic E-state index is 13.0. The lowest BCUT2D eigenvalue weighted by Crippen LogP contribution is -2.49. The van der Waals surface area contributed by atoms with Crippen LogP contribution in [0.4, 0.5) is 0 Å². The van der Waals surface area contributed by atoms with Crippen LogP contribution in [0.1, 0.15) is 91.4 Å². The monoisotopic (exact) mass is 485 g/mol. The number of fused-ring (bicyclic) bond motifs is 1. The minimum absolute atomic E-state index is 0.0209. The van der Waals surface area contributed by atoms with Crippen LogP contribution in [0.25, 0.3) is 0 Å².